The number of oxazole rings is 1. The maximum Gasteiger partial charge on any atom is 0.350 e. The van der Waals surface area contributed by atoms with Crippen molar-refractivity contribution in [3.8, 4) is 0 Å². The SMILES string of the molecule is Cc1nc2c(NC=C3C(=O)OC(C)(C)OC3=O)cccc2o1. The molecule has 1 saturated heterocycles. The predicted octanol–water partition coefficient (Wildman–Crippen LogP) is 2.27. The molecule has 1 aliphatic rings. The molecule has 1 N–H and O–H groups in total. The lowest BCUT2D eigenvalue weighted by Crippen LogP contribution is -2.42. The van der Waals surface area contributed by atoms with Crippen LogP contribution in [0.25, 0.3) is 11.1 Å². The van der Waals surface area contributed by atoms with Crippen LogP contribution in [0.5, 0.6) is 0 Å². The molecule has 0 amide bonds. The first-order valence-corrected chi connectivity index (χ1v) is 6.65. The standard InChI is InChI=1S/C15H14N2O5/c1-8-17-12-10(5-4-6-11(12)20-8)16-7-9-13(18)21-15(2,3)22-14(9)19/h4-7,16H,1-3H3. The highest BCUT2D eigenvalue weighted by molar-refractivity contribution is 6.15. The van der Waals surface area contributed by atoms with Crippen molar-refractivity contribution in [2.75, 3.05) is 5.32 Å². The van der Waals surface area contributed by atoms with Gasteiger partial charge in [-0.25, -0.2) is 14.6 Å². The fraction of sp³-hybridized carbons (Fsp3) is 0.267. The number of nitrogens with zero attached hydrogens (tertiary/aromatic N) is 1. The Morgan fingerprint density at radius 3 is 2.55 bits per heavy atom. The Bertz CT molecular complexity index is 781. The van der Waals surface area contributed by atoms with Gasteiger partial charge in [-0.3, -0.25) is 0 Å². The summed E-state index contributed by atoms with van der Waals surface area (Å²) in [7, 11) is 0. The first-order chi connectivity index (χ1) is 10.4. The molecule has 0 atom stereocenters. The maximum absolute atomic E-state index is 11.8. The molecule has 1 aliphatic heterocycles. The summed E-state index contributed by atoms with van der Waals surface area (Å²) in [4.78, 5) is 27.9. The zero-order valence-corrected chi connectivity index (χ0v) is 12.3. The van der Waals surface area contributed by atoms with Gasteiger partial charge in [-0.15, -0.1) is 0 Å². The van der Waals surface area contributed by atoms with Crippen LogP contribution in [0, 0.1) is 6.92 Å². The molecule has 2 heterocycles. The van der Waals surface area contributed by atoms with Crippen LogP contribution < -0.4 is 5.32 Å². The quantitative estimate of drug-likeness (QED) is 0.517. The molecule has 2 aromatic rings. The minimum absolute atomic E-state index is 0.212. The Balaban J connectivity index is 1.90. The van der Waals surface area contributed by atoms with Gasteiger partial charge in [-0.05, 0) is 12.1 Å². The van der Waals surface area contributed by atoms with E-state index in [1.165, 1.54) is 20.0 Å². The first kappa shape index (κ1) is 14.1. The number of hydrogen-bond acceptors (Lipinski definition) is 7. The van der Waals surface area contributed by atoms with Gasteiger partial charge in [0.15, 0.2) is 17.0 Å². The lowest BCUT2D eigenvalue weighted by atomic mass is 10.2. The van der Waals surface area contributed by atoms with Gasteiger partial charge in [-0.1, -0.05) is 6.07 Å². The highest BCUT2D eigenvalue weighted by atomic mass is 16.7. The first-order valence-electron chi connectivity index (χ1n) is 6.65. The van der Waals surface area contributed by atoms with Crippen molar-refractivity contribution in [1.82, 2.24) is 4.98 Å². The second-order valence-corrected chi connectivity index (χ2v) is 5.27. The van der Waals surface area contributed by atoms with E-state index in [4.69, 9.17) is 13.9 Å². The van der Waals surface area contributed by atoms with E-state index in [1.807, 2.05) is 0 Å². The highest BCUT2D eigenvalue weighted by Gasteiger charge is 2.38. The fourth-order valence-corrected chi connectivity index (χ4v) is 2.10. The van der Waals surface area contributed by atoms with Gasteiger partial charge >= 0.3 is 11.9 Å². The number of aryl methyl sites for hydroxylation is 1. The molecule has 0 bridgehead atoms. The summed E-state index contributed by atoms with van der Waals surface area (Å²) in [5.41, 5.74) is 1.61. The van der Waals surface area contributed by atoms with Crippen LogP contribution >= 0.6 is 0 Å². The van der Waals surface area contributed by atoms with Crippen molar-refractivity contribution < 1.29 is 23.5 Å². The van der Waals surface area contributed by atoms with Crippen molar-refractivity contribution >= 4 is 28.7 Å². The van der Waals surface area contributed by atoms with Gasteiger partial charge in [0.25, 0.3) is 5.79 Å². The number of nitrogens with one attached hydrogen (secondary N) is 1. The smallest absolute Gasteiger partial charge is 0.350 e. The molecule has 1 aromatic carbocycles. The number of carbonyl (C=O) groups excluding carboxylic acids is 2. The van der Waals surface area contributed by atoms with Crippen molar-refractivity contribution in [2.24, 2.45) is 0 Å². The summed E-state index contributed by atoms with van der Waals surface area (Å²) in [5, 5.41) is 2.87. The lowest BCUT2D eigenvalue weighted by molar-refractivity contribution is -0.222. The molecule has 3 rings (SSSR count). The number of anilines is 1. The summed E-state index contributed by atoms with van der Waals surface area (Å²) in [6.07, 6.45) is 1.25. The van der Waals surface area contributed by atoms with Gasteiger partial charge in [0.1, 0.15) is 5.52 Å². The number of esters is 2. The highest BCUT2D eigenvalue weighted by Crippen LogP contribution is 2.25. The van der Waals surface area contributed by atoms with E-state index in [0.29, 0.717) is 22.7 Å². The molecule has 1 aromatic heterocycles. The number of para-hydroxylation sites is 1. The predicted molar refractivity (Wildman–Crippen MR) is 76.7 cm³/mol. The van der Waals surface area contributed by atoms with Gasteiger partial charge < -0.3 is 19.2 Å². The number of fused-ring (bicyclic) bond motifs is 1. The van der Waals surface area contributed by atoms with Crippen molar-refractivity contribution in [3.63, 3.8) is 0 Å². The zero-order valence-electron chi connectivity index (χ0n) is 12.3. The van der Waals surface area contributed by atoms with Crippen LogP contribution in [0.3, 0.4) is 0 Å². The van der Waals surface area contributed by atoms with Crippen LogP contribution in [0.15, 0.2) is 34.4 Å². The van der Waals surface area contributed by atoms with Crippen molar-refractivity contribution in [1.29, 1.82) is 0 Å². The van der Waals surface area contributed by atoms with E-state index in [0.717, 1.165) is 0 Å². The number of hydrogen-bond donors (Lipinski definition) is 1. The minimum atomic E-state index is -1.26. The Morgan fingerprint density at radius 2 is 1.86 bits per heavy atom. The molecular formula is C15H14N2O5. The molecule has 0 spiro atoms. The van der Waals surface area contributed by atoms with Crippen LogP contribution in [0.4, 0.5) is 5.69 Å². The van der Waals surface area contributed by atoms with E-state index in [2.05, 4.69) is 10.3 Å². The molecule has 22 heavy (non-hydrogen) atoms. The van der Waals surface area contributed by atoms with Crippen molar-refractivity contribution in [2.45, 2.75) is 26.6 Å². The Kier molecular flexibility index (Phi) is 3.13. The number of carbonyl (C=O) groups is 2. The third kappa shape index (κ3) is 2.52. The third-order valence-corrected chi connectivity index (χ3v) is 3.01. The van der Waals surface area contributed by atoms with Crippen molar-refractivity contribution in [3.05, 3.63) is 35.9 Å². The average molecular weight is 302 g/mol. The van der Waals surface area contributed by atoms with E-state index in [1.54, 1.807) is 25.1 Å². The number of benzene rings is 1. The number of aromatic nitrogens is 1. The summed E-state index contributed by atoms with van der Waals surface area (Å²) in [6, 6.07) is 5.30. The topological polar surface area (TPSA) is 90.7 Å². The molecule has 7 heteroatoms. The maximum atomic E-state index is 11.8. The largest absolute Gasteiger partial charge is 0.441 e. The molecule has 0 unspecified atom stereocenters. The Labute approximate surface area is 125 Å². The van der Waals surface area contributed by atoms with E-state index in [9.17, 15) is 9.59 Å². The Hall–Kier alpha value is -2.83. The number of rotatable bonds is 2. The zero-order chi connectivity index (χ0) is 15.9. The monoisotopic (exact) mass is 302 g/mol. The van der Waals surface area contributed by atoms with Gasteiger partial charge in [0.2, 0.25) is 0 Å². The normalized spacial score (nSPS) is 17.1. The summed E-state index contributed by atoms with van der Waals surface area (Å²) in [5.74, 6) is -2.21. The summed E-state index contributed by atoms with van der Waals surface area (Å²) >= 11 is 0. The summed E-state index contributed by atoms with van der Waals surface area (Å²) < 4.78 is 15.4. The van der Waals surface area contributed by atoms with Gasteiger partial charge in [-0.2, -0.15) is 0 Å². The molecule has 7 nitrogen and oxygen atoms in total. The third-order valence-electron chi connectivity index (χ3n) is 3.01. The van der Waals surface area contributed by atoms with Crippen LogP contribution in [0.2, 0.25) is 0 Å². The fourth-order valence-electron chi connectivity index (χ4n) is 2.10. The van der Waals surface area contributed by atoms with Crippen LogP contribution in [-0.4, -0.2) is 22.7 Å². The average Bonchev–Trinajstić information content (AvgIpc) is 2.77. The molecule has 0 aliphatic carbocycles. The number of cyclic esters (lactones) is 2. The van der Waals surface area contributed by atoms with Gasteiger partial charge in [0, 0.05) is 27.0 Å². The summed E-state index contributed by atoms with van der Waals surface area (Å²) in [6.45, 7) is 4.72. The molecule has 1 fully saturated rings. The molecule has 114 valence electrons. The molecule has 0 saturated carbocycles. The van der Waals surface area contributed by atoms with E-state index < -0.39 is 17.7 Å². The Morgan fingerprint density at radius 1 is 1.18 bits per heavy atom. The second-order valence-electron chi connectivity index (χ2n) is 5.27. The second kappa shape index (κ2) is 4.87. The van der Waals surface area contributed by atoms with Crippen LogP contribution in [0.1, 0.15) is 19.7 Å². The lowest BCUT2D eigenvalue weighted by Gasteiger charge is -2.29. The van der Waals surface area contributed by atoms with E-state index in [-0.39, 0.29) is 5.57 Å². The van der Waals surface area contributed by atoms with E-state index >= 15 is 0 Å². The minimum Gasteiger partial charge on any atom is -0.441 e. The molecular weight excluding hydrogens is 288 g/mol. The van der Waals surface area contributed by atoms with Gasteiger partial charge in [0.05, 0.1) is 5.69 Å². The molecule has 0 radical (unpaired) electrons. The van der Waals surface area contributed by atoms with Crippen LogP contribution in [-0.2, 0) is 19.1 Å². The number of ether oxygens (including phenoxy) is 2.